The molecule has 1 aliphatic rings. The lowest BCUT2D eigenvalue weighted by molar-refractivity contribution is 0.415. The largest absolute Gasteiger partial charge is 0.497 e. The molecule has 0 atom stereocenters. The first-order chi connectivity index (χ1) is 12.7. The maximum Gasteiger partial charge on any atom is 0.246 e. The van der Waals surface area contributed by atoms with Crippen molar-refractivity contribution in [2.45, 2.75) is 26.2 Å². The smallest absolute Gasteiger partial charge is 0.246 e. The highest BCUT2D eigenvalue weighted by molar-refractivity contribution is 7.22. The number of nitrogens with zero attached hydrogens (tertiary/aromatic N) is 4. The van der Waals surface area contributed by atoms with E-state index >= 15 is 0 Å². The molecule has 0 bridgehead atoms. The molecule has 1 aromatic carbocycles. The third-order valence-electron chi connectivity index (χ3n) is 4.85. The number of aromatic nitrogens is 2. The van der Waals surface area contributed by atoms with E-state index in [2.05, 4.69) is 9.74 Å². The van der Waals surface area contributed by atoms with E-state index in [9.17, 15) is 0 Å². The molecular weight excluding hydrogens is 344 g/mol. The monoisotopic (exact) mass is 364 g/mol. The van der Waals surface area contributed by atoms with Gasteiger partial charge in [0.15, 0.2) is 5.82 Å². The van der Waals surface area contributed by atoms with Crippen LogP contribution in [0.5, 0.6) is 5.75 Å². The number of thiophene rings is 1. The van der Waals surface area contributed by atoms with Gasteiger partial charge in [0.1, 0.15) is 16.4 Å². The maximum absolute atomic E-state index is 7.45. The molecule has 0 saturated carbocycles. The van der Waals surface area contributed by atoms with Gasteiger partial charge in [-0.3, -0.25) is 0 Å². The molecule has 132 valence electrons. The molecule has 4 rings (SSSR count). The standard InChI is InChI=1S/C20H20N4OS/c1-13-16-18(24-11-5-4-6-12-24)22-17(23-20(16)26-19(13)21-2)14-7-9-15(25-3)10-8-14/h7-10H,4-6,11-12H2,1,3H3. The summed E-state index contributed by atoms with van der Waals surface area (Å²) in [5.74, 6) is 2.50. The average molecular weight is 364 g/mol. The highest BCUT2D eigenvalue weighted by Gasteiger charge is 2.22. The second-order valence-electron chi connectivity index (χ2n) is 6.47. The molecule has 1 aliphatic heterocycles. The zero-order chi connectivity index (χ0) is 18.1. The Balaban J connectivity index is 1.90. The van der Waals surface area contributed by atoms with E-state index in [1.807, 2.05) is 31.2 Å². The maximum atomic E-state index is 7.45. The van der Waals surface area contributed by atoms with Gasteiger partial charge in [-0.25, -0.2) is 14.8 Å². The van der Waals surface area contributed by atoms with Gasteiger partial charge in [0.25, 0.3) is 0 Å². The van der Waals surface area contributed by atoms with Gasteiger partial charge in [-0.1, -0.05) is 0 Å². The normalized spacial score (nSPS) is 14.4. The fourth-order valence-corrected chi connectivity index (χ4v) is 4.38. The van der Waals surface area contributed by atoms with Crippen LogP contribution < -0.4 is 9.64 Å². The molecule has 0 spiro atoms. The summed E-state index contributed by atoms with van der Waals surface area (Å²) in [7, 11) is 1.66. The molecular formula is C20H20N4OS. The fraction of sp³-hybridized carbons (Fsp3) is 0.350. The molecule has 0 radical (unpaired) electrons. The Morgan fingerprint density at radius 3 is 2.50 bits per heavy atom. The number of fused-ring (bicyclic) bond motifs is 1. The summed E-state index contributed by atoms with van der Waals surface area (Å²) in [6.45, 7) is 11.5. The van der Waals surface area contributed by atoms with E-state index in [4.69, 9.17) is 21.3 Å². The molecule has 1 fully saturated rings. The first kappa shape index (κ1) is 16.8. The molecule has 6 heteroatoms. The third-order valence-corrected chi connectivity index (χ3v) is 5.93. The first-order valence-electron chi connectivity index (χ1n) is 8.79. The van der Waals surface area contributed by atoms with Crippen LogP contribution in [0.1, 0.15) is 24.8 Å². The number of methoxy groups -OCH3 is 1. The molecule has 5 nitrogen and oxygen atoms in total. The van der Waals surface area contributed by atoms with Crippen molar-refractivity contribution in [3.8, 4) is 17.1 Å². The molecule has 0 unspecified atom stereocenters. The summed E-state index contributed by atoms with van der Waals surface area (Å²) in [5, 5.41) is 1.75. The fourth-order valence-electron chi connectivity index (χ4n) is 3.42. The van der Waals surface area contributed by atoms with Crippen LogP contribution in [0.15, 0.2) is 24.3 Å². The van der Waals surface area contributed by atoms with Gasteiger partial charge in [0.05, 0.1) is 13.7 Å². The quantitative estimate of drug-likeness (QED) is 0.598. The first-order valence-corrected chi connectivity index (χ1v) is 9.61. The van der Waals surface area contributed by atoms with Gasteiger partial charge in [0, 0.05) is 24.0 Å². The van der Waals surface area contributed by atoms with Crippen LogP contribution in [0.25, 0.3) is 26.4 Å². The van der Waals surface area contributed by atoms with Crippen LogP contribution in [-0.2, 0) is 0 Å². The van der Waals surface area contributed by atoms with E-state index in [0.29, 0.717) is 10.8 Å². The van der Waals surface area contributed by atoms with Gasteiger partial charge in [0.2, 0.25) is 5.00 Å². The van der Waals surface area contributed by atoms with Crippen LogP contribution in [-0.4, -0.2) is 30.2 Å². The highest BCUT2D eigenvalue weighted by atomic mass is 32.1. The molecule has 2 aromatic heterocycles. The van der Waals surface area contributed by atoms with Crippen molar-refractivity contribution in [2.75, 3.05) is 25.1 Å². The van der Waals surface area contributed by atoms with Crippen LogP contribution in [0.3, 0.4) is 0 Å². The van der Waals surface area contributed by atoms with Crippen molar-refractivity contribution in [1.29, 1.82) is 0 Å². The number of hydrogen-bond acceptors (Lipinski definition) is 5. The minimum absolute atomic E-state index is 0.707. The van der Waals surface area contributed by atoms with Crippen molar-refractivity contribution in [1.82, 2.24) is 9.97 Å². The van der Waals surface area contributed by atoms with Crippen molar-refractivity contribution in [3.05, 3.63) is 41.2 Å². The van der Waals surface area contributed by atoms with E-state index in [1.165, 1.54) is 30.6 Å². The number of aryl methyl sites for hydroxylation is 1. The van der Waals surface area contributed by atoms with Crippen molar-refractivity contribution in [3.63, 3.8) is 0 Å². The van der Waals surface area contributed by atoms with Gasteiger partial charge in [-0.15, -0.1) is 11.3 Å². The lowest BCUT2D eigenvalue weighted by Crippen LogP contribution is -2.30. The predicted molar refractivity (Wildman–Crippen MR) is 106 cm³/mol. The molecule has 26 heavy (non-hydrogen) atoms. The molecule has 0 N–H and O–H groups in total. The van der Waals surface area contributed by atoms with E-state index in [0.717, 1.165) is 46.0 Å². The average Bonchev–Trinajstić information content (AvgIpc) is 3.04. The summed E-state index contributed by atoms with van der Waals surface area (Å²) >= 11 is 1.46. The van der Waals surface area contributed by atoms with Gasteiger partial charge in [-0.05, 0) is 56.0 Å². The SMILES string of the molecule is [C-]#[N+]c1sc2nc(-c3ccc(OC)cc3)nc(N3CCCCC3)c2c1C. The second kappa shape index (κ2) is 6.93. The minimum atomic E-state index is 0.707. The third kappa shape index (κ3) is 2.89. The van der Waals surface area contributed by atoms with E-state index in [-0.39, 0.29) is 0 Å². The highest BCUT2D eigenvalue weighted by Crippen LogP contribution is 2.42. The number of ether oxygens (including phenoxy) is 1. The number of anilines is 1. The topological polar surface area (TPSA) is 42.6 Å². The molecule has 0 aliphatic carbocycles. The predicted octanol–water partition coefficient (Wildman–Crippen LogP) is 5.22. The van der Waals surface area contributed by atoms with Crippen molar-refractivity contribution < 1.29 is 4.74 Å². The van der Waals surface area contributed by atoms with Crippen LogP contribution in [0, 0.1) is 13.5 Å². The number of benzene rings is 1. The van der Waals surface area contributed by atoms with Gasteiger partial charge in [-0.2, -0.15) is 0 Å². The summed E-state index contributed by atoms with van der Waals surface area (Å²) in [6.07, 6.45) is 3.64. The number of piperidine rings is 1. The summed E-state index contributed by atoms with van der Waals surface area (Å²) < 4.78 is 5.25. The Kier molecular flexibility index (Phi) is 4.48. The second-order valence-corrected chi connectivity index (χ2v) is 7.45. The van der Waals surface area contributed by atoms with Crippen LogP contribution in [0.2, 0.25) is 0 Å². The zero-order valence-corrected chi connectivity index (χ0v) is 15.8. The Hall–Kier alpha value is -2.65. The van der Waals surface area contributed by atoms with Crippen molar-refractivity contribution >= 4 is 32.4 Å². The van der Waals surface area contributed by atoms with Gasteiger partial charge >= 0.3 is 0 Å². The summed E-state index contributed by atoms with van der Waals surface area (Å²) in [6, 6.07) is 7.81. The summed E-state index contributed by atoms with van der Waals surface area (Å²) in [5.41, 5.74) is 1.96. The minimum Gasteiger partial charge on any atom is -0.497 e. The lowest BCUT2D eigenvalue weighted by Gasteiger charge is -2.28. The van der Waals surface area contributed by atoms with Gasteiger partial charge < -0.3 is 9.64 Å². The van der Waals surface area contributed by atoms with Crippen molar-refractivity contribution in [2.24, 2.45) is 0 Å². The van der Waals surface area contributed by atoms with Crippen LogP contribution >= 0.6 is 11.3 Å². The molecule has 3 heterocycles. The van der Waals surface area contributed by atoms with E-state index < -0.39 is 0 Å². The lowest BCUT2D eigenvalue weighted by atomic mass is 10.1. The summed E-state index contributed by atoms with van der Waals surface area (Å²) in [4.78, 5) is 16.7. The zero-order valence-electron chi connectivity index (χ0n) is 15.0. The Labute approximate surface area is 157 Å². The van der Waals surface area contributed by atoms with Crippen LogP contribution in [0.4, 0.5) is 10.8 Å². The number of hydrogen-bond donors (Lipinski definition) is 0. The molecule has 3 aromatic rings. The molecule has 0 amide bonds. The Morgan fingerprint density at radius 1 is 1.12 bits per heavy atom. The Morgan fingerprint density at radius 2 is 1.85 bits per heavy atom. The Bertz CT molecular complexity index is 982. The molecule has 1 saturated heterocycles. The number of rotatable bonds is 3. The van der Waals surface area contributed by atoms with E-state index in [1.54, 1.807) is 7.11 Å².